The van der Waals surface area contributed by atoms with Gasteiger partial charge in [0, 0.05) is 45.0 Å². The lowest BCUT2D eigenvalue weighted by atomic mass is 9.94. The van der Waals surface area contributed by atoms with E-state index in [0.29, 0.717) is 12.1 Å². The summed E-state index contributed by atoms with van der Waals surface area (Å²) in [5, 5.41) is 0. The van der Waals surface area contributed by atoms with Crippen LogP contribution in [-0.4, -0.2) is 75.0 Å². The van der Waals surface area contributed by atoms with Gasteiger partial charge in [-0.1, -0.05) is 13.8 Å². The van der Waals surface area contributed by atoms with Crippen LogP contribution in [-0.2, 0) is 11.3 Å². The molecule has 0 spiro atoms. The molecule has 0 radical (unpaired) electrons. The standard InChI is InChI=1S/C20H29F4N3O/c1-14(2)19-15(12-26-6-4-25(3)5-7-26)10-16(11-17(19)21)27-8-9-28-13-18(27)20(22,23)24/h10-11,14,18H,4-9,12-13H2,1-3H3. The van der Waals surface area contributed by atoms with E-state index in [1.54, 1.807) is 6.07 Å². The summed E-state index contributed by atoms with van der Waals surface area (Å²) in [6.45, 7) is 7.84. The van der Waals surface area contributed by atoms with Crippen LogP contribution in [0.2, 0.25) is 0 Å². The van der Waals surface area contributed by atoms with Gasteiger partial charge in [-0.05, 0) is 36.2 Å². The Hall–Kier alpha value is -1.38. The molecule has 28 heavy (non-hydrogen) atoms. The number of benzene rings is 1. The molecule has 4 nitrogen and oxygen atoms in total. The molecule has 2 fully saturated rings. The van der Waals surface area contributed by atoms with Crippen molar-refractivity contribution < 1.29 is 22.3 Å². The molecule has 1 aromatic carbocycles. The molecule has 1 unspecified atom stereocenters. The maximum absolute atomic E-state index is 15.0. The van der Waals surface area contributed by atoms with Crippen LogP contribution >= 0.6 is 0 Å². The third kappa shape index (κ3) is 4.78. The lowest BCUT2D eigenvalue weighted by Gasteiger charge is -2.39. The molecule has 0 amide bonds. The van der Waals surface area contributed by atoms with Crippen molar-refractivity contribution in [2.24, 2.45) is 0 Å². The number of ether oxygens (including phenoxy) is 1. The Kier molecular flexibility index (Phi) is 6.51. The molecule has 0 saturated carbocycles. The smallest absolute Gasteiger partial charge is 0.377 e. The maximum atomic E-state index is 15.0. The molecule has 158 valence electrons. The van der Waals surface area contributed by atoms with Gasteiger partial charge in [-0.15, -0.1) is 0 Å². The van der Waals surface area contributed by atoms with Gasteiger partial charge < -0.3 is 14.5 Å². The van der Waals surface area contributed by atoms with Crippen LogP contribution in [0.25, 0.3) is 0 Å². The van der Waals surface area contributed by atoms with E-state index in [9.17, 15) is 17.6 Å². The molecular weight excluding hydrogens is 374 g/mol. The van der Waals surface area contributed by atoms with Crippen molar-refractivity contribution in [1.82, 2.24) is 9.80 Å². The Bertz CT molecular complexity index is 672. The van der Waals surface area contributed by atoms with Gasteiger partial charge in [0.25, 0.3) is 0 Å². The van der Waals surface area contributed by atoms with Crippen LogP contribution in [0.15, 0.2) is 12.1 Å². The van der Waals surface area contributed by atoms with Crippen molar-refractivity contribution >= 4 is 5.69 Å². The minimum Gasteiger partial charge on any atom is -0.377 e. The zero-order valence-corrected chi connectivity index (χ0v) is 16.7. The zero-order chi connectivity index (χ0) is 20.5. The molecule has 1 aromatic rings. The van der Waals surface area contributed by atoms with E-state index < -0.39 is 24.6 Å². The SMILES string of the molecule is CC(C)c1c(F)cc(N2CCOCC2C(F)(F)F)cc1CN1CCN(C)CC1. The average molecular weight is 403 g/mol. The summed E-state index contributed by atoms with van der Waals surface area (Å²) in [6.07, 6.45) is -4.43. The van der Waals surface area contributed by atoms with Crippen LogP contribution < -0.4 is 4.90 Å². The molecule has 2 aliphatic heterocycles. The second-order valence-corrected chi connectivity index (χ2v) is 8.06. The van der Waals surface area contributed by atoms with Crippen molar-refractivity contribution in [2.45, 2.75) is 38.5 Å². The lowest BCUT2D eigenvalue weighted by Crippen LogP contribution is -2.53. The first-order valence-electron chi connectivity index (χ1n) is 9.81. The van der Waals surface area contributed by atoms with Crippen molar-refractivity contribution in [1.29, 1.82) is 0 Å². The van der Waals surface area contributed by atoms with Gasteiger partial charge in [-0.2, -0.15) is 13.2 Å². The predicted molar refractivity (Wildman–Crippen MR) is 101 cm³/mol. The van der Waals surface area contributed by atoms with Gasteiger partial charge in [0.2, 0.25) is 0 Å². The summed E-state index contributed by atoms with van der Waals surface area (Å²) in [6, 6.07) is 1.26. The Morgan fingerprint density at radius 3 is 2.39 bits per heavy atom. The number of piperazine rings is 1. The summed E-state index contributed by atoms with van der Waals surface area (Å²) in [5.74, 6) is -0.469. The van der Waals surface area contributed by atoms with E-state index in [1.807, 2.05) is 13.8 Å². The number of likely N-dealkylation sites (N-methyl/N-ethyl adjacent to an activating group) is 1. The topological polar surface area (TPSA) is 19.0 Å². The van der Waals surface area contributed by atoms with Gasteiger partial charge in [-0.25, -0.2) is 4.39 Å². The maximum Gasteiger partial charge on any atom is 0.411 e. The summed E-state index contributed by atoms with van der Waals surface area (Å²) >= 11 is 0. The molecule has 3 rings (SSSR count). The Morgan fingerprint density at radius 1 is 1.11 bits per heavy atom. The van der Waals surface area contributed by atoms with Crippen LogP contribution in [0.3, 0.4) is 0 Å². The first kappa shape index (κ1) is 21.3. The molecule has 0 bridgehead atoms. The fourth-order valence-electron chi connectivity index (χ4n) is 4.03. The highest BCUT2D eigenvalue weighted by Gasteiger charge is 2.45. The number of hydrogen-bond acceptors (Lipinski definition) is 4. The number of morpholine rings is 1. The van der Waals surface area contributed by atoms with E-state index >= 15 is 0 Å². The largest absolute Gasteiger partial charge is 0.411 e. The second-order valence-electron chi connectivity index (χ2n) is 8.06. The Morgan fingerprint density at radius 2 is 1.79 bits per heavy atom. The third-order valence-corrected chi connectivity index (χ3v) is 5.61. The predicted octanol–water partition coefficient (Wildman–Crippen LogP) is 3.46. The number of halogens is 4. The van der Waals surface area contributed by atoms with Gasteiger partial charge >= 0.3 is 6.18 Å². The van der Waals surface area contributed by atoms with Crippen molar-refractivity contribution in [3.05, 3.63) is 29.1 Å². The first-order valence-corrected chi connectivity index (χ1v) is 9.81. The van der Waals surface area contributed by atoms with Crippen LogP contribution in [0.1, 0.15) is 30.9 Å². The van der Waals surface area contributed by atoms with E-state index in [4.69, 9.17) is 4.74 Å². The minimum atomic E-state index is -4.43. The van der Waals surface area contributed by atoms with E-state index in [0.717, 1.165) is 31.7 Å². The summed E-state index contributed by atoms with van der Waals surface area (Å²) in [4.78, 5) is 5.72. The van der Waals surface area contributed by atoms with Gasteiger partial charge in [0.15, 0.2) is 0 Å². The molecule has 0 aliphatic carbocycles. The number of hydrogen-bond donors (Lipinski definition) is 0. The van der Waals surface area contributed by atoms with Crippen molar-refractivity contribution in [3.63, 3.8) is 0 Å². The average Bonchev–Trinajstić information content (AvgIpc) is 2.62. The quantitative estimate of drug-likeness (QED) is 0.717. The van der Waals surface area contributed by atoms with E-state index in [1.165, 1.54) is 11.0 Å². The molecule has 1 atom stereocenters. The molecular formula is C20H29F4N3O. The van der Waals surface area contributed by atoms with Crippen LogP contribution in [0.5, 0.6) is 0 Å². The monoisotopic (exact) mass is 403 g/mol. The molecule has 2 aliphatic rings. The van der Waals surface area contributed by atoms with Crippen LogP contribution in [0, 0.1) is 5.82 Å². The normalized spacial score (nSPS) is 22.9. The highest BCUT2D eigenvalue weighted by molar-refractivity contribution is 5.54. The molecule has 2 saturated heterocycles. The minimum absolute atomic E-state index is 0.0420. The molecule has 0 N–H and O–H groups in total. The lowest BCUT2D eigenvalue weighted by molar-refractivity contribution is -0.167. The van der Waals surface area contributed by atoms with Crippen molar-refractivity contribution in [3.8, 4) is 0 Å². The summed E-state index contributed by atoms with van der Waals surface area (Å²) in [5.41, 5.74) is 1.66. The number of nitrogens with zero attached hydrogens (tertiary/aromatic N) is 3. The van der Waals surface area contributed by atoms with Gasteiger partial charge in [0.1, 0.15) is 11.9 Å². The number of alkyl halides is 3. The van der Waals surface area contributed by atoms with Crippen LogP contribution in [0.4, 0.5) is 23.2 Å². The summed E-state index contributed by atoms with van der Waals surface area (Å²) in [7, 11) is 2.06. The Labute approximate surface area is 164 Å². The third-order valence-electron chi connectivity index (χ3n) is 5.61. The molecule has 2 heterocycles. The number of rotatable bonds is 4. The molecule has 8 heteroatoms. The second kappa shape index (κ2) is 8.55. The van der Waals surface area contributed by atoms with E-state index in [-0.39, 0.29) is 24.8 Å². The molecule has 0 aromatic heterocycles. The highest BCUT2D eigenvalue weighted by atomic mass is 19.4. The van der Waals surface area contributed by atoms with E-state index in [2.05, 4.69) is 16.8 Å². The summed E-state index contributed by atoms with van der Waals surface area (Å²) < 4.78 is 60.4. The number of anilines is 1. The highest BCUT2D eigenvalue weighted by Crippen LogP contribution is 2.35. The fraction of sp³-hybridized carbons (Fsp3) is 0.700. The van der Waals surface area contributed by atoms with Gasteiger partial charge in [0.05, 0.1) is 13.2 Å². The zero-order valence-electron chi connectivity index (χ0n) is 16.7. The fourth-order valence-corrected chi connectivity index (χ4v) is 4.03. The Balaban J connectivity index is 1.93. The van der Waals surface area contributed by atoms with Gasteiger partial charge in [-0.3, -0.25) is 4.90 Å². The first-order chi connectivity index (χ1) is 13.2. The van der Waals surface area contributed by atoms with Crippen molar-refractivity contribution in [2.75, 3.05) is 57.9 Å².